The fraction of sp³-hybridized carbons (Fsp3) is 0.632. The van der Waals surface area contributed by atoms with Crippen molar-refractivity contribution in [1.82, 2.24) is 10.6 Å². The first-order chi connectivity index (χ1) is 12.5. The van der Waals surface area contributed by atoms with E-state index in [1.807, 2.05) is 13.0 Å². The molecule has 0 unspecified atom stereocenters. The van der Waals surface area contributed by atoms with Crippen LogP contribution in [0, 0.1) is 5.41 Å². The third-order valence-electron chi connectivity index (χ3n) is 4.93. The molecule has 0 aliphatic heterocycles. The van der Waals surface area contributed by atoms with Crippen LogP contribution in [0.2, 0.25) is 0 Å². The van der Waals surface area contributed by atoms with Gasteiger partial charge in [-0.2, -0.15) is 0 Å². The summed E-state index contributed by atoms with van der Waals surface area (Å²) in [6, 6.07) is 8.55. The Kier molecular flexibility index (Phi) is 7.90. The minimum atomic E-state index is -3.28. The Hall–Kier alpha value is -1.60. The molecule has 0 radical (unpaired) electrons. The van der Waals surface area contributed by atoms with E-state index in [1.54, 1.807) is 31.4 Å². The molecule has 0 atom stereocenters. The topological polar surface area (TPSA) is 79.8 Å². The maximum atomic E-state index is 12.3. The van der Waals surface area contributed by atoms with Crippen molar-refractivity contribution >= 4 is 15.8 Å². The first-order valence-electron chi connectivity index (χ1n) is 9.30. The smallest absolute Gasteiger partial charge is 0.191 e. The largest absolute Gasteiger partial charge is 0.385 e. The molecule has 0 heterocycles. The predicted molar refractivity (Wildman–Crippen MR) is 105 cm³/mol. The van der Waals surface area contributed by atoms with Crippen molar-refractivity contribution in [3.8, 4) is 0 Å². The van der Waals surface area contributed by atoms with Crippen molar-refractivity contribution in [2.45, 2.75) is 37.5 Å². The highest BCUT2D eigenvalue weighted by molar-refractivity contribution is 7.91. The second-order valence-electron chi connectivity index (χ2n) is 6.85. The lowest BCUT2D eigenvalue weighted by molar-refractivity contribution is 0.0778. The van der Waals surface area contributed by atoms with Crippen LogP contribution in [0.1, 0.15) is 32.6 Å². The van der Waals surface area contributed by atoms with Gasteiger partial charge >= 0.3 is 0 Å². The number of guanidine groups is 1. The summed E-state index contributed by atoms with van der Waals surface area (Å²) < 4.78 is 29.9. The van der Waals surface area contributed by atoms with E-state index in [9.17, 15) is 8.42 Å². The monoisotopic (exact) mass is 381 g/mol. The molecule has 1 aliphatic carbocycles. The first kappa shape index (κ1) is 20.7. The Balaban J connectivity index is 1.89. The minimum Gasteiger partial charge on any atom is -0.385 e. The molecule has 0 spiro atoms. The molecule has 146 valence electrons. The van der Waals surface area contributed by atoms with E-state index in [-0.39, 0.29) is 11.2 Å². The van der Waals surface area contributed by atoms with Gasteiger partial charge in [0.05, 0.1) is 10.6 Å². The Morgan fingerprint density at radius 2 is 1.96 bits per heavy atom. The standard InChI is InChI=1S/C19H31N3O3S/c1-3-20-18(22-16-19(10-7-11-19)12-14-25-2)21-13-15-26(23,24)17-8-5-4-6-9-17/h4-6,8-9H,3,7,10-16H2,1-2H3,(H2,20,21,22). The molecule has 2 N–H and O–H groups in total. The highest BCUT2D eigenvalue weighted by Gasteiger charge is 2.36. The fourth-order valence-corrected chi connectivity index (χ4v) is 4.30. The number of hydrogen-bond acceptors (Lipinski definition) is 4. The van der Waals surface area contributed by atoms with E-state index in [1.165, 1.54) is 19.3 Å². The third kappa shape index (κ3) is 5.99. The highest BCUT2D eigenvalue weighted by Crippen LogP contribution is 2.44. The normalized spacial score (nSPS) is 16.8. The molecule has 1 saturated carbocycles. The van der Waals surface area contributed by atoms with Crippen LogP contribution in [0.25, 0.3) is 0 Å². The van der Waals surface area contributed by atoms with Crippen LogP contribution in [-0.2, 0) is 14.6 Å². The number of sulfone groups is 1. The Labute approximate surface area is 157 Å². The summed E-state index contributed by atoms with van der Waals surface area (Å²) in [5.41, 5.74) is 0.245. The van der Waals surface area contributed by atoms with Gasteiger partial charge in [0.1, 0.15) is 0 Å². The lowest BCUT2D eigenvalue weighted by Gasteiger charge is -2.40. The summed E-state index contributed by atoms with van der Waals surface area (Å²) in [6.45, 7) is 4.57. The van der Waals surface area contributed by atoms with Gasteiger partial charge in [0, 0.05) is 33.4 Å². The van der Waals surface area contributed by atoms with E-state index in [2.05, 4.69) is 10.6 Å². The molecule has 2 rings (SSSR count). The number of rotatable bonds is 10. The number of benzene rings is 1. The van der Waals surface area contributed by atoms with Gasteiger partial charge < -0.3 is 15.4 Å². The maximum Gasteiger partial charge on any atom is 0.191 e. The van der Waals surface area contributed by atoms with Gasteiger partial charge in [0.15, 0.2) is 15.8 Å². The molecule has 0 amide bonds. The number of aliphatic imine (C=N–C) groups is 1. The summed E-state index contributed by atoms with van der Waals surface area (Å²) in [5, 5.41) is 6.35. The van der Waals surface area contributed by atoms with Gasteiger partial charge in [-0.1, -0.05) is 24.6 Å². The summed E-state index contributed by atoms with van der Waals surface area (Å²) in [6.07, 6.45) is 4.64. The zero-order chi connectivity index (χ0) is 18.9. The summed E-state index contributed by atoms with van der Waals surface area (Å²) in [5.74, 6) is 0.718. The maximum absolute atomic E-state index is 12.3. The van der Waals surface area contributed by atoms with E-state index in [4.69, 9.17) is 9.73 Å². The quantitative estimate of drug-likeness (QED) is 0.480. The number of nitrogens with zero attached hydrogens (tertiary/aromatic N) is 1. The lowest BCUT2D eigenvalue weighted by atomic mass is 9.67. The third-order valence-corrected chi connectivity index (χ3v) is 6.67. The molecular weight excluding hydrogens is 350 g/mol. The summed E-state index contributed by atoms with van der Waals surface area (Å²) in [7, 11) is -1.55. The molecule has 1 fully saturated rings. The van der Waals surface area contributed by atoms with Crippen molar-refractivity contribution in [3.05, 3.63) is 30.3 Å². The van der Waals surface area contributed by atoms with Crippen LogP contribution in [0.4, 0.5) is 0 Å². The molecule has 6 nitrogen and oxygen atoms in total. The molecule has 26 heavy (non-hydrogen) atoms. The van der Waals surface area contributed by atoms with Gasteiger partial charge in [0.25, 0.3) is 0 Å². The average Bonchev–Trinajstić information content (AvgIpc) is 2.61. The van der Waals surface area contributed by atoms with E-state index < -0.39 is 9.84 Å². The number of methoxy groups -OCH3 is 1. The van der Waals surface area contributed by atoms with Gasteiger partial charge in [-0.15, -0.1) is 0 Å². The molecule has 7 heteroatoms. The van der Waals surface area contributed by atoms with E-state index >= 15 is 0 Å². The van der Waals surface area contributed by atoms with Crippen molar-refractivity contribution in [1.29, 1.82) is 0 Å². The molecular formula is C19H31N3O3S. The Morgan fingerprint density at radius 1 is 1.23 bits per heavy atom. The van der Waals surface area contributed by atoms with E-state index in [0.717, 1.165) is 26.1 Å². The second kappa shape index (κ2) is 9.92. The Bertz CT molecular complexity index is 671. The summed E-state index contributed by atoms with van der Waals surface area (Å²) in [4.78, 5) is 5.05. The molecule has 1 aromatic carbocycles. The molecule has 0 saturated heterocycles. The van der Waals surface area contributed by atoms with E-state index in [0.29, 0.717) is 17.4 Å². The molecule has 1 aliphatic rings. The van der Waals surface area contributed by atoms with Crippen LogP contribution in [-0.4, -0.2) is 53.5 Å². The van der Waals surface area contributed by atoms with Crippen molar-refractivity contribution in [2.24, 2.45) is 10.4 Å². The fourth-order valence-electron chi connectivity index (χ4n) is 3.12. The average molecular weight is 382 g/mol. The molecule has 1 aromatic rings. The molecule has 0 bridgehead atoms. The van der Waals surface area contributed by atoms with Gasteiger partial charge in [0.2, 0.25) is 0 Å². The number of hydrogen-bond donors (Lipinski definition) is 2. The van der Waals surface area contributed by atoms with Crippen LogP contribution in [0.15, 0.2) is 40.2 Å². The second-order valence-corrected chi connectivity index (χ2v) is 8.96. The molecule has 0 aromatic heterocycles. The minimum absolute atomic E-state index is 0.0379. The zero-order valence-corrected chi connectivity index (χ0v) is 16.6. The SMILES string of the molecule is CCNC(=NCC1(CCOC)CCC1)NCCS(=O)(=O)c1ccccc1. The summed E-state index contributed by atoms with van der Waals surface area (Å²) >= 11 is 0. The number of ether oxygens (including phenoxy) is 1. The zero-order valence-electron chi connectivity index (χ0n) is 15.8. The van der Waals surface area contributed by atoms with Crippen LogP contribution >= 0.6 is 0 Å². The van der Waals surface area contributed by atoms with Gasteiger partial charge in [-0.25, -0.2) is 8.42 Å². The van der Waals surface area contributed by atoms with Crippen molar-refractivity contribution < 1.29 is 13.2 Å². The lowest BCUT2D eigenvalue weighted by Crippen LogP contribution is -2.41. The van der Waals surface area contributed by atoms with Crippen LogP contribution in [0.3, 0.4) is 0 Å². The first-order valence-corrected chi connectivity index (χ1v) is 11.0. The van der Waals surface area contributed by atoms with Gasteiger partial charge in [-0.05, 0) is 43.7 Å². The van der Waals surface area contributed by atoms with Crippen LogP contribution in [0.5, 0.6) is 0 Å². The van der Waals surface area contributed by atoms with Crippen molar-refractivity contribution in [3.63, 3.8) is 0 Å². The van der Waals surface area contributed by atoms with Gasteiger partial charge in [-0.3, -0.25) is 4.99 Å². The Morgan fingerprint density at radius 3 is 2.54 bits per heavy atom. The number of nitrogens with one attached hydrogen (secondary N) is 2. The van der Waals surface area contributed by atoms with Crippen LogP contribution < -0.4 is 10.6 Å². The van der Waals surface area contributed by atoms with Crippen molar-refractivity contribution in [2.75, 3.05) is 39.1 Å². The highest BCUT2D eigenvalue weighted by atomic mass is 32.2. The predicted octanol–water partition coefficient (Wildman–Crippen LogP) is 2.22.